The SMILES string of the molecule is C[C@H](NC(=O)CCCCc1ccccc1)C(=O)N[C@@H](CCCN=C(N)N)C(=O)N[C@@H](C)C(=O)N[C@@H]1CCN([C@@H](C)C(=O)N[C@@H](C)C(=O)N[C@@H](CCCN=C(N)N)C(=O)N[C@@H](C)C(=O)Nc2ccc(CC(N)=O)cc2)C1=O. The zero-order valence-corrected chi connectivity index (χ0v) is 43.8. The van der Waals surface area contributed by atoms with Gasteiger partial charge in [-0.25, -0.2) is 0 Å². The van der Waals surface area contributed by atoms with Crippen molar-refractivity contribution in [2.45, 2.75) is 147 Å². The van der Waals surface area contributed by atoms with Crippen LogP contribution in [0.4, 0.5) is 5.69 Å². The van der Waals surface area contributed by atoms with Gasteiger partial charge in [0, 0.05) is 31.7 Å². The van der Waals surface area contributed by atoms with E-state index in [-0.39, 0.29) is 82.4 Å². The third kappa shape index (κ3) is 22.0. The van der Waals surface area contributed by atoms with Crippen LogP contribution < -0.4 is 71.2 Å². The van der Waals surface area contributed by atoms with Gasteiger partial charge in [0.2, 0.25) is 59.1 Å². The Morgan fingerprint density at radius 3 is 1.59 bits per heavy atom. The van der Waals surface area contributed by atoms with Gasteiger partial charge < -0.3 is 76.1 Å². The molecule has 1 saturated heterocycles. The van der Waals surface area contributed by atoms with Gasteiger partial charge >= 0.3 is 0 Å². The van der Waals surface area contributed by atoms with Gasteiger partial charge in [0.05, 0.1) is 6.42 Å². The topological polar surface area (TPSA) is 425 Å². The summed E-state index contributed by atoms with van der Waals surface area (Å²) in [5, 5.41) is 20.9. The molecule has 3 rings (SSSR count). The summed E-state index contributed by atoms with van der Waals surface area (Å²) in [5.74, 6) is -6.64. The highest BCUT2D eigenvalue weighted by Crippen LogP contribution is 2.16. The maximum Gasteiger partial charge on any atom is 0.246 e. The van der Waals surface area contributed by atoms with Crippen molar-refractivity contribution in [2.24, 2.45) is 38.7 Å². The van der Waals surface area contributed by atoms with Crippen LogP contribution in [0.1, 0.15) is 97.1 Å². The lowest BCUT2D eigenvalue weighted by Crippen LogP contribution is -2.57. The summed E-state index contributed by atoms with van der Waals surface area (Å²) in [6.45, 7) is 7.44. The number of primary amides is 1. The number of amides is 10. The lowest BCUT2D eigenvalue weighted by atomic mass is 10.1. The molecule has 76 heavy (non-hydrogen) atoms. The molecular weight excluding hydrogens is 985 g/mol. The Morgan fingerprint density at radius 1 is 0.566 bits per heavy atom. The van der Waals surface area contributed by atoms with Crippen molar-refractivity contribution in [1.29, 1.82) is 0 Å². The number of guanidine groups is 2. The first kappa shape index (κ1) is 62.0. The number of rotatable bonds is 31. The van der Waals surface area contributed by atoms with Crippen molar-refractivity contribution in [3.05, 3.63) is 65.7 Å². The molecule has 0 spiro atoms. The number of nitrogens with two attached hydrogens (primary N) is 5. The van der Waals surface area contributed by atoms with E-state index in [1.165, 1.54) is 39.5 Å². The molecule has 10 amide bonds. The number of benzene rings is 2. The molecule has 1 aliphatic heterocycles. The quantitative estimate of drug-likeness (QED) is 0.0207. The number of nitrogens with one attached hydrogen (secondary N) is 8. The van der Waals surface area contributed by atoms with Gasteiger partial charge in [-0.2, -0.15) is 0 Å². The van der Waals surface area contributed by atoms with Crippen molar-refractivity contribution in [3.63, 3.8) is 0 Å². The predicted molar refractivity (Wildman–Crippen MR) is 284 cm³/mol. The highest BCUT2D eigenvalue weighted by atomic mass is 16.2. The molecule has 8 atom stereocenters. The molecule has 1 aliphatic rings. The second-order valence-corrected chi connectivity index (χ2v) is 18.6. The van der Waals surface area contributed by atoms with E-state index in [0.29, 0.717) is 17.7 Å². The molecule has 26 nitrogen and oxygen atoms in total. The summed E-state index contributed by atoms with van der Waals surface area (Å²) < 4.78 is 0. The zero-order chi connectivity index (χ0) is 56.5. The van der Waals surface area contributed by atoms with Crippen LogP contribution in [0.3, 0.4) is 0 Å². The minimum absolute atomic E-state index is 0.0191. The Labute approximate surface area is 442 Å². The van der Waals surface area contributed by atoms with Crippen LogP contribution in [0.2, 0.25) is 0 Å². The molecule has 0 saturated carbocycles. The summed E-state index contributed by atoms with van der Waals surface area (Å²) in [4.78, 5) is 140. The first-order chi connectivity index (χ1) is 35.9. The highest BCUT2D eigenvalue weighted by molar-refractivity contribution is 6.00. The van der Waals surface area contributed by atoms with E-state index < -0.39 is 101 Å². The van der Waals surface area contributed by atoms with Crippen molar-refractivity contribution < 1.29 is 47.9 Å². The molecule has 416 valence electrons. The molecule has 0 aliphatic carbocycles. The standard InChI is InChI=1S/C50H76N16O10/c1-28(58-40(68)18-10-9-15-33-13-7-6-8-14-33)42(70)63-36(16-11-24-56-49(52)53)47(75)61-31(4)44(72)65-38-23-26-66(48(38)76)32(5)45(73)59-30(3)43(71)64-37(17-12-25-57-50(54)55)46(74)60-29(2)41(69)62-35-21-19-34(20-22-35)27-39(51)67/h6-8,13-14,19-22,28-32,36-38H,9-12,15-18,23-27H2,1-5H3,(H2,51,67)(H,58,68)(H,59,73)(H,60,74)(H,61,75)(H,62,69)(H,63,70)(H,64,71)(H,65,72)(H4,52,53,56)(H4,54,55,57)/t28-,29-,30-,31-,32-,36-,37-,38+/m0/s1. The van der Waals surface area contributed by atoms with Gasteiger partial charge in [-0.05, 0) is 109 Å². The molecule has 0 unspecified atom stereocenters. The van der Waals surface area contributed by atoms with Crippen LogP contribution in [0, 0.1) is 0 Å². The molecular formula is C50H76N16O10. The van der Waals surface area contributed by atoms with Crippen LogP contribution in [0.15, 0.2) is 64.6 Å². The largest absolute Gasteiger partial charge is 0.370 e. The first-order valence-corrected chi connectivity index (χ1v) is 25.2. The van der Waals surface area contributed by atoms with Gasteiger partial charge in [-0.3, -0.25) is 57.9 Å². The zero-order valence-electron chi connectivity index (χ0n) is 43.8. The fraction of sp³-hybridized carbons (Fsp3) is 0.520. The summed E-state index contributed by atoms with van der Waals surface area (Å²) in [7, 11) is 0. The van der Waals surface area contributed by atoms with Crippen molar-refractivity contribution in [1.82, 2.24) is 42.1 Å². The summed E-state index contributed by atoms with van der Waals surface area (Å²) >= 11 is 0. The highest BCUT2D eigenvalue weighted by Gasteiger charge is 2.39. The Morgan fingerprint density at radius 2 is 1.07 bits per heavy atom. The van der Waals surface area contributed by atoms with Crippen molar-refractivity contribution in [2.75, 3.05) is 25.0 Å². The molecule has 26 heteroatoms. The Balaban J connectivity index is 1.54. The smallest absolute Gasteiger partial charge is 0.246 e. The van der Waals surface area contributed by atoms with Gasteiger partial charge in [0.15, 0.2) is 11.9 Å². The monoisotopic (exact) mass is 1060 g/mol. The lowest BCUT2D eigenvalue weighted by Gasteiger charge is -2.27. The van der Waals surface area contributed by atoms with Gasteiger partial charge in [-0.15, -0.1) is 0 Å². The fourth-order valence-corrected chi connectivity index (χ4v) is 7.75. The maximum absolute atomic E-state index is 13.6. The number of carbonyl (C=O) groups excluding carboxylic acids is 10. The minimum Gasteiger partial charge on any atom is -0.370 e. The Bertz CT molecular complexity index is 2400. The molecule has 0 aromatic heterocycles. The molecule has 2 aromatic carbocycles. The molecule has 1 fully saturated rings. The normalized spacial score (nSPS) is 15.6. The van der Waals surface area contributed by atoms with Crippen LogP contribution in [0.25, 0.3) is 0 Å². The maximum atomic E-state index is 13.6. The number of likely N-dealkylation sites (tertiary alicyclic amines) is 1. The number of aryl methyl sites for hydroxylation is 1. The minimum atomic E-state index is -1.22. The van der Waals surface area contributed by atoms with E-state index >= 15 is 0 Å². The summed E-state index contributed by atoms with van der Waals surface area (Å²) in [6.07, 6.45) is 3.12. The second kappa shape index (κ2) is 31.4. The van der Waals surface area contributed by atoms with E-state index in [0.717, 1.165) is 18.4 Å². The predicted octanol–water partition coefficient (Wildman–Crippen LogP) is -2.73. The number of hydrogen-bond donors (Lipinski definition) is 13. The third-order valence-electron chi connectivity index (χ3n) is 12.1. The number of aliphatic imine (C=N–C) groups is 2. The van der Waals surface area contributed by atoms with Crippen LogP contribution >= 0.6 is 0 Å². The average Bonchev–Trinajstić information content (AvgIpc) is 3.72. The van der Waals surface area contributed by atoms with Crippen molar-refractivity contribution >= 4 is 76.7 Å². The van der Waals surface area contributed by atoms with Crippen LogP contribution in [-0.4, -0.2) is 144 Å². The number of anilines is 1. The van der Waals surface area contributed by atoms with Crippen molar-refractivity contribution in [3.8, 4) is 0 Å². The first-order valence-electron chi connectivity index (χ1n) is 25.2. The Hall–Kier alpha value is -8.32. The Kier molecular flexibility index (Phi) is 25.6. The number of hydrogen-bond acceptors (Lipinski definition) is 12. The number of nitrogens with zero attached hydrogens (tertiary/aromatic N) is 3. The second-order valence-electron chi connectivity index (χ2n) is 18.6. The van der Waals surface area contributed by atoms with Gasteiger partial charge in [0.1, 0.15) is 48.3 Å². The molecule has 0 bridgehead atoms. The molecule has 1 heterocycles. The third-order valence-corrected chi connectivity index (χ3v) is 12.1. The van der Waals surface area contributed by atoms with Gasteiger partial charge in [0.25, 0.3) is 0 Å². The van der Waals surface area contributed by atoms with E-state index in [4.69, 9.17) is 28.7 Å². The van der Waals surface area contributed by atoms with E-state index in [9.17, 15) is 47.9 Å². The van der Waals surface area contributed by atoms with Crippen LogP contribution in [0.5, 0.6) is 0 Å². The molecule has 0 radical (unpaired) electrons. The average molecular weight is 1060 g/mol. The van der Waals surface area contributed by atoms with E-state index in [1.807, 2.05) is 30.3 Å². The number of unbranched alkanes of at least 4 members (excludes halogenated alkanes) is 1. The summed E-state index contributed by atoms with van der Waals surface area (Å²) in [5.41, 5.74) is 29.2. The molecule has 2 aromatic rings. The van der Waals surface area contributed by atoms with Crippen LogP contribution in [-0.2, 0) is 60.8 Å². The number of carbonyl (C=O) groups is 10. The van der Waals surface area contributed by atoms with E-state index in [2.05, 4.69) is 52.5 Å². The van der Waals surface area contributed by atoms with E-state index in [1.54, 1.807) is 24.3 Å². The van der Waals surface area contributed by atoms with Gasteiger partial charge in [-0.1, -0.05) is 42.5 Å². The lowest BCUT2D eigenvalue weighted by molar-refractivity contribution is -0.140. The molecule has 18 N–H and O–H groups in total. The fourth-order valence-electron chi connectivity index (χ4n) is 7.75. The summed E-state index contributed by atoms with van der Waals surface area (Å²) in [6, 6.07) is 7.19.